The van der Waals surface area contributed by atoms with E-state index < -0.39 is 10.0 Å². The van der Waals surface area contributed by atoms with E-state index in [1.807, 2.05) is 0 Å². The lowest BCUT2D eigenvalue weighted by Crippen LogP contribution is -3.00. The summed E-state index contributed by atoms with van der Waals surface area (Å²) in [5.74, 6) is 0. The first-order valence-electron chi connectivity index (χ1n) is 11.4. The lowest BCUT2D eigenvalue weighted by atomic mass is 10.1. The Morgan fingerprint density at radius 2 is 1.70 bits per heavy atom. The molecule has 1 saturated heterocycles. The second-order valence-electron chi connectivity index (χ2n) is 9.15. The van der Waals surface area contributed by atoms with Gasteiger partial charge in [0.15, 0.2) is 0 Å². The highest BCUT2D eigenvalue weighted by Crippen LogP contribution is 2.36. The largest absolute Gasteiger partial charge is 1.00 e. The fraction of sp³-hybridized carbons (Fsp3) is 0.500. The lowest BCUT2D eigenvalue weighted by Gasteiger charge is -2.35. The van der Waals surface area contributed by atoms with Gasteiger partial charge in [-0.15, -0.1) is 0 Å². The number of aromatic nitrogens is 1. The van der Waals surface area contributed by atoms with Crippen LogP contribution in [-0.4, -0.2) is 63.2 Å². The molecule has 6 nitrogen and oxygen atoms in total. The number of sulfonamides is 1. The van der Waals surface area contributed by atoms with E-state index in [4.69, 9.17) is 4.98 Å². The van der Waals surface area contributed by atoms with E-state index in [2.05, 4.69) is 62.0 Å². The SMILES string of the molecule is CCc1cc(N(C)C)cc2[s+]c3cc(N4CCN(S(=O)(=O)C5CC5)CC4)cc(C)c3nc12.[I-]. The van der Waals surface area contributed by atoms with Crippen molar-refractivity contribution in [3.05, 3.63) is 35.4 Å². The summed E-state index contributed by atoms with van der Waals surface area (Å²) in [7, 11) is 1.06. The smallest absolute Gasteiger partial charge is 0.259 e. The second-order valence-corrected chi connectivity index (χ2v) is 12.5. The van der Waals surface area contributed by atoms with Crippen LogP contribution in [0.2, 0.25) is 0 Å². The third-order valence-electron chi connectivity index (χ3n) is 6.64. The Kier molecular flexibility index (Phi) is 7.06. The van der Waals surface area contributed by atoms with Crippen molar-refractivity contribution in [3.63, 3.8) is 0 Å². The van der Waals surface area contributed by atoms with Gasteiger partial charge in [0, 0.05) is 63.8 Å². The van der Waals surface area contributed by atoms with Gasteiger partial charge in [0.05, 0.1) is 5.25 Å². The average Bonchev–Trinajstić information content (AvgIpc) is 3.63. The predicted octanol–water partition coefficient (Wildman–Crippen LogP) is 1.29. The summed E-state index contributed by atoms with van der Waals surface area (Å²) < 4.78 is 29.2. The van der Waals surface area contributed by atoms with E-state index in [0.717, 1.165) is 49.1 Å². The van der Waals surface area contributed by atoms with Crippen LogP contribution in [-0.2, 0) is 16.4 Å². The van der Waals surface area contributed by atoms with Gasteiger partial charge >= 0.3 is 0 Å². The minimum Gasteiger partial charge on any atom is -1.00 e. The first kappa shape index (κ1) is 24.8. The van der Waals surface area contributed by atoms with Crippen molar-refractivity contribution in [2.75, 3.05) is 50.1 Å². The van der Waals surface area contributed by atoms with Crippen LogP contribution in [0.15, 0.2) is 24.3 Å². The number of hydrogen-bond acceptors (Lipinski definition) is 5. The molecule has 0 amide bonds. The molecule has 1 aromatic heterocycles. The van der Waals surface area contributed by atoms with Gasteiger partial charge in [-0.2, -0.15) is 4.31 Å². The highest BCUT2D eigenvalue weighted by atomic mass is 127. The van der Waals surface area contributed by atoms with Gasteiger partial charge in [-0.1, -0.05) is 6.92 Å². The van der Waals surface area contributed by atoms with Crippen LogP contribution in [0.1, 0.15) is 30.9 Å². The number of fused-ring (bicyclic) bond motifs is 2. The number of rotatable bonds is 5. The first-order valence-corrected chi connectivity index (χ1v) is 13.7. The topological polar surface area (TPSA) is 56.8 Å². The van der Waals surface area contributed by atoms with Gasteiger partial charge < -0.3 is 33.8 Å². The molecule has 0 spiro atoms. The zero-order valence-corrected chi connectivity index (χ0v) is 23.4. The molecule has 0 atom stereocenters. The van der Waals surface area contributed by atoms with E-state index in [-0.39, 0.29) is 29.2 Å². The molecule has 0 radical (unpaired) electrons. The van der Waals surface area contributed by atoms with Crippen LogP contribution < -0.4 is 33.8 Å². The highest BCUT2D eigenvalue weighted by molar-refractivity contribution is 7.90. The molecule has 2 aliphatic rings. The molecule has 2 heterocycles. The summed E-state index contributed by atoms with van der Waals surface area (Å²) in [6, 6.07) is 8.92. The Morgan fingerprint density at radius 3 is 2.30 bits per heavy atom. The van der Waals surface area contributed by atoms with Crippen LogP contribution in [0.4, 0.5) is 11.4 Å². The Bertz CT molecular complexity index is 1300. The lowest BCUT2D eigenvalue weighted by molar-refractivity contribution is -0.00000901. The normalized spacial score (nSPS) is 17.4. The number of hydrogen-bond donors (Lipinski definition) is 0. The third-order valence-corrected chi connectivity index (χ3v) is 10.1. The Morgan fingerprint density at radius 1 is 1.03 bits per heavy atom. The molecule has 1 aliphatic carbocycles. The molecule has 3 aromatic rings. The molecule has 5 rings (SSSR count). The van der Waals surface area contributed by atoms with Gasteiger partial charge in [0.2, 0.25) is 21.4 Å². The molecule has 9 heteroatoms. The summed E-state index contributed by atoms with van der Waals surface area (Å²) in [6.07, 6.45) is 2.60. The Hall–Kier alpha value is -1.30. The van der Waals surface area contributed by atoms with Crippen LogP contribution >= 0.6 is 11.3 Å². The van der Waals surface area contributed by atoms with Crippen molar-refractivity contribution in [1.82, 2.24) is 9.29 Å². The van der Waals surface area contributed by atoms with Gasteiger partial charge in [-0.3, -0.25) is 0 Å². The molecule has 33 heavy (non-hydrogen) atoms. The molecule has 1 aliphatic heterocycles. The standard InChI is InChI=1S/C24H31N4O2S2.HI/c1-5-17-13-18(26(3)4)14-22-24(17)25-23-16(2)12-19(15-21(23)31-22)27-8-10-28(11-9-27)32(29,30)20-6-7-20;/h12-15,20H,5-11H2,1-4H3;1H/q+1;/p-1. The molecule has 2 fully saturated rings. The van der Waals surface area contributed by atoms with E-state index in [1.165, 1.54) is 26.2 Å². The molecule has 1 saturated carbocycles. The fourth-order valence-electron chi connectivity index (χ4n) is 4.52. The zero-order valence-electron chi connectivity index (χ0n) is 19.6. The number of halogens is 1. The van der Waals surface area contributed by atoms with E-state index in [0.29, 0.717) is 13.1 Å². The molecule has 2 aromatic carbocycles. The molecular weight excluding hydrogens is 567 g/mol. The maximum absolute atomic E-state index is 12.6. The Balaban J connectivity index is 0.00000259. The summed E-state index contributed by atoms with van der Waals surface area (Å²) in [6.45, 7) is 6.91. The summed E-state index contributed by atoms with van der Waals surface area (Å²) in [5.41, 5.74) is 6.98. The molecular formula is C24H31IN4O2S2. The summed E-state index contributed by atoms with van der Waals surface area (Å²) in [5, 5.41) is -0.127. The molecule has 0 N–H and O–H groups in total. The van der Waals surface area contributed by atoms with Gasteiger partial charge in [-0.25, -0.2) is 13.4 Å². The van der Waals surface area contributed by atoms with E-state index in [1.54, 1.807) is 15.6 Å². The molecule has 178 valence electrons. The van der Waals surface area contributed by atoms with Crippen molar-refractivity contribution < 1.29 is 32.4 Å². The second kappa shape index (κ2) is 9.39. The van der Waals surface area contributed by atoms with Crippen molar-refractivity contribution >= 4 is 53.2 Å². The number of nitrogens with zero attached hydrogens (tertiary/aromatic N) is 4. The monoisotopic (exact) mass is 598 g/mol. The highest BCUT2D eigenvalue weighted by Gasteiger charge is 2.41. The van der Waals surface area contributed by atoms with Crippen LogP contribution in [0.5, 0.6) is 0 Å². The average molecular weight is 599 g/mol. The van der Waals surface area contributed by atoms with Crippen LogP contribution in [0, 0.1) is 6.92 Å². The maximum atomic E-state index is 12.6. The maximum Gasteiger partial charge on any atom is 0.259 e. The summed E-state index contributed by atoms with van der Waals surface area (Å²) >= 11 is 1.80. The van der Waals surface area contributed by atoms with Crippen molar-refractivity contribution in [2.45, 2.75) is 38.4 Å². The van der Waals surface area contributed by atoms with Crippen molar-refractivity contribution in [2.24, 2.45) is 0 Å². The van der Waals surface area contributed by atoms with Gasteiger partial charge in [0.1, 0.15) is 11.0 Å². The number of anilines is 2. The van der Waals surface area contributed by atoms with Gasteiger partial charge in [0.25, 0.3) is 9.40 Å². The Labute approximate surface area is 217 Å². The quantitative estimate of drug-likeness (QED) is 0.252. The fourth-order valence-corrected chi connectivity index (χ4v) is 7.52. The number of aryl methyl sites for hydroxylation is 2. The minimum absolute atomic E-state index is 0. The van der Waals surface area contributed by atoms with Crippen molar-refractivity contribution in [3.8, 4) is 0 Å². The predicted molar refractivity (Wildman–Crippen MR) is 136 cm³/mol. The van der Waals surface area contributed by atoms with Crippen LogP contribution in [0.25, 0.3) is 20.4 Å². The number of benzene rings is 2. The number of piperazine rings is 1. The van der Waals surface area contributed by atoms with E-state index in [9.17, 15) is 8.42 Å². The zero-order chi connectivity index (χ0) is 22.6. The van der Waals surface area contributed by atoms with Crippen LogP contribution in [0.3, 0.4) is 0 Å². The third kappa shape index (κ3) is 4.66. The first-order chi connectivity index (χ1) is 15.3. The molecule has 0 unspecified atom stereocenters. The minimum atomic E-state index is -3.08. The van der Waals surface area contributed by atoms with Gasteiger partial charge in [-0.05, 0) is 49.4 Å². The summed E-state index contributed by atoms with van der Waals surface area (Å²) in [4.78, 5) is 9.55. The van der Waals surface area contributed by atoms with Crippen molar-refractivity contribution in [1.29, 1.82) is 0 Å². The van der Waals surface area contributed by atoms with E-state index >= 15 is 0 Å². The molecule has 0 bridgehead atoms.